The molecule has 0 spiro atoms. The summed E-state index contributed by atoms with van der Waals surface area (Å²) >= 11 is 0. The molecule has 0 aliphatic heterocycles. The average molecular weight is 303 g/mol. The molecule has 0 heterocycles. The lowest BCUT2D eigenvalue weighted by Crippen LogP contribution is -2.04. The molecule has 0 aliphatic carbocycles. The molecule has 110 valence electrons. The number of hydrogen-bond acceptors (Lipinski definition) is 4. The Labute approximate surface area is 124 Å². The van der Waals surface area contributed by atoms with Crippen LogP contribution in [0.5, 0.6) is 11.5 Å². The number of ether oxygens (including phenoxy) is 1. The molecule has 0 atom stereocenters. The van der Waals surface area contributed by atoms with Gasteiger partial charge in [0, 0.05) is 0 Å². The zero-order valence-corrected chi connectivity index (χ0v) is 12.6. The van der Waals surface area contributed by atoms with Gasteiger partial charge in [-0.05, 0) is 54.8 Å². The molecule has 4 nitrogen and oxygen atoms in total. The first kappa shape index (κ1) is 15.3. The Balaban J connectivity index is 2.35. The number of benzene rings is 2. The van der Waals surface area contributed by atoms with Crippen LogP contribution < -0.4 is 4.74 Å². The second-order valence-electron chi connectivity index (χ2n) is 4.72. The highest BCUT2D eigenvalue weighted by Crippen LogP contribution is 2.29. The van der Waals surface area contributed by atoms with Gasteiger partial charge in [-0.3, -0.25) is 0 Å². The van der Waals surface area contributed by atoms with E-state index in [4.69, 9.17) is 4.74 Å². The van der Waals surface area contributed by atoms with Gasteiger partial charge in [0.2, 0.25) is 0 Å². The SMILES string of the molecule is C=Cc1ccc(Oc2cc(C)c(S(=O)(=O)[O-])c(C)c2)cc1. The molecule has 0 aromatic heterocycles. The molecule has 0 N–H and O–H groups in total. The van der Waals surface area contributed by atoms with Crippen LogP contribution >= 0.6 is 0 Å². The summed E-state index contributed by atoms with van der Waals surface area (Å²) in [7, 11) is -4.48. The van der Waals surface area contributed by atoms with Crippen LogP contribution in [0.1, 0.15) is 16.7 Å². The summed E-state index contributed by atoms with van der Waals surface area (Å²) < 4.78 is 39.3. The fraction of sp³-hybridized carbons (Fsp3) is 0.125. The van der Waals surface area contributed by atoms with E-state index in [0.717, 1.165) is 5.56 Å². The van der Waals surface area contributed by atoms with E-state index in [2.05, 4.69) is 6.58 Å². The van der Waals surface area contributed by atoms with E-state index < -0.39 is 10.1 Å². The summed E-state index contributed by atoms with van der Waals surface area (Å²) in [5.41, 5.74) is 1.73. The highest BCUT2D eigenvalue weighted by Gasteiger charge is 2.12. The lowest BCUT2D eigenvalue weighted by molar-refractivity contribution is 0.460. The van der Waals surface area contributed by atoms with E-state index in [0.29, 0.717) is 22.6 Å². The van der Waals surface area contributed by atoms with Crippen molar-refractivity contribution in [2.45, 2.75) is 18.7 Å². The van der Waals surface area contributed by atoms with Crippen molar-refractivity contribution >= 4 is 16.2 Å². The standard InChI is InChI=1S/C16H16O4S/c1-4-13-5-7-14(8-6-13)20-15-9-11(2)16(12(3)10-15)21(17,18)19/h4-10H,1H2,2-3H3,(H,17,18,19)/p-1. The summed E-state index contributed by atoms with van der Waals surface area (Å²) in [5.74, 6) is 1.11. The summed E-state index contributed by atoms with van der Waals surface area (Å²) in [5, 5.41) is 0. The molecule has 0 fully saturated rings. The quantitative estimate of drug-likeness (QED) is 0.809. The predicted octanol–water partition coefficient (Wildman–Crippen LogP) is 3.64. The minimum absolute atomic E-state index is 0.183. The van der Waals surface area contributed by atoms with Crippen LogP contribution in [0, 0.1) is 13.8 Å². The van der Waals surface area contributed by atoms with Gasteiger partial charge in [0.25, 0.3) is 0 Å². The number of hydrogen-bond donors (Lipinski definition) is 0. The molecule has 2 rings (SSSR count). The van der Waals surface area contributed by atoms with Crippen molar-refractivity contribution in [3.63, 3.8) is 0 Å². The Hall–Kier alpha value is -2.11. The third kappa shape index (κ3) is 3.51. The number of rotatable bonds is 4. The molecule has 0 aliphatic rings. The summed E-state index contributed by atoms with van der Waals surface area (Å²) in [4.78, 5) is -0.183. The van der Waals surface area contributed by atoms with Gasteiger partial charge in [0.1, 0.15) is 21.6 Å². The number of aryl methyl sites for hydroxylation is 2. The van der Waals surface area contributed by atoms with E-state index in [1.54, 1.807) is 44.2 Å². The van der Waals surface area contributed by atoms with Gasteiger partial charge < -0.3 is 9.29 Å². The third-order valence-corrected chi connectivity index (χ3v) is 4.18. The molecule has 2 aromatic carbocycles. The Morgan fingerprint density at radius 3 is 2.00 bits per heavy atom. The minimum atomic E-state index is -4.48. The molecule has 0 saturated heterocycles. The summed E-state index contributed by atoms with van der Waals surface area (Å²) in [6.45, 7) is 6.82. The molecule has 0 amide bonds. The first-order valence-electron chi connectivity index (χ1n) is 6.29. The van der Waals surface area contributed by atoms with Crippen LogP contribution in [-0.2, 0) is 10.1 Å². The smallest absolute Gasteiger partial charge is 0.128 e. The molecule has 0 radical (unpaired) electrons. The first-order chi connectivity index (χ1) is 9.81. The molecular weight excluding hydrogens is 288 g/mol. The van der Waals surface area contributed by atoms with Crippen LogP contribution in [0.25, 0.3) is 6.08 Å². The Bertz CT molecular complexity index is 751. The lowest BCUT2D eigenvalue weighted by Gasteiger charge is -2.15. The minimum Gasteiger partial charge on any atom is -0.744 e. The van der Waals surface area contributed by atoms with Gasteiger partial charge in [0.15, 0.2) is 0 Å². The maximum atomic E-state index is 11.2. The van der Waals surface area contributed by atoms with E-state index in [1.165, 1.54) is 0 Å². The van der Waals surface area contributed by atoms with Gasteiger partial charge in [0.05, 0.1) is 4.90 Å². The fourth-order valence-corrected chi connectivity index (χ4v) is 3.08. The van der Waals surface area contributed by atoms with Crippen molar-refractivity contribution in [1.29, 1.82) is 0 Å². The Kier molecular flexibility index (Phi) is 4.16. The van der Waals surface area contributed by atoms with Crippen LogP contribution in [-0.4, -0.2) is 13.0 Å². The average Bonchev–Trinajstić information content (AvgIpc) is 2.37. The zero-order valence-electron chi connectivity index (χ0n) is 11.8. The lowest BCUT2D eigenvalue weighted by atomic mass is 10.1. The van der Waals surface area contributed by atoms with Crippen molar-refractivity contribution in [2.75, 3.05) is 0 Å². The summed E-state index contributed by atoms with van der Waals surface area (Å²) in [6, 6.07) is 10.4. The van der Waals surface area contributed by atoms with Crippen LogP contribution in [0.4, 0.5) is 0 Å². The third-order valence-electron chi connectivity index (χ3n) is 3.04. The van der Waals surface area contributed by atoms with Crippen molar-refractivity contribution in [2.24, 2.45) is 0 Å². The van der Waals surface area contributed by atoms with Gasteiger partial charge in [-0.1, -0.05) is 24.8 Å². The fourth-order valence-electron chi connectivity index (χ4n) is 2.17. The van der Waals surface area contributed by atoms with E-state index >= 15 is 0 Å². The molecule has 5 heteroatoms. The molecule has 0 saturated carbocycles. The maximum Gasteiger partial charge on any atom is 0.128 e. The Morgan fingerprint density at radius 1 is 1.05 bits per heavy atom. The van der Waals surface area contributed by atoms with Gasteiger partial charge in [-0.25, -0.2) is 8.42 Å². The normalized spacial score (nSPS) is 11.2. The Morgan fingerprint density at radius 2 is 1.57 bits per heavy atom. The highest BCUT2D eigenvalue weighted by molar-refractivity contribution is 7.85. The second-order valence-corrected chi connectivity index (χ2v) is 6.03. The summed E-state index contributed by atoms with van der Waals surface area (Å²) in [6.07, 6.45) is 1.73. The van der Waals surface area contributed by atoms with Crippen LogP contribution in [0.3, 0.4) is 0 Å². The molecular formula is C16H15O4S-. The molecule has 21 heavy (non-hydrogen) atoms. The van der Waals surface area contributed by atoms with E-state index in [-0.39, 0.29) is 4.90 Å². The molecule has 2 aromatic rings. The topological polar surface area (TPSA) is 66.4 Å². The van der Waals surface area contributed by atoms with Crippen LogP contribution in [0.2, 0.25) is 0 Å². The van der Waals surface area contributed by atoms with Crippen LogP contribution in [0.15, 0.2) is 47.9 Å². The predicted molar refractivity (Wildman–Crippen MR) is 80.5 cm³/mol. The monoisotopic (exact) mass is 303 g/mol. The molecule has 0 bridgehead atoms. The van der Waals surface area contributed by atoms with Gasteiger partial charge >= 0.3 is 0 Å². The second kappa shape index (κ2) is 5.71. The van der Waals surface area contributed by atoms with Crippen molar-refractivity contribution in [3.8, 4) is 11.5 Å². The molecule has 0 unspecified atom stereocenters. The van der Waals surface area contributed by atoms with Crippen molar-refractivity contribution in [3.05, 3.63) is 59.7 Å². The largest absolute Gasteiger partial charge is 0.744 e. The van der Waals surface area contributed by atoms with Crippen molar-refractivity contribution < 1.29 is 17.7 Å². The first-order valence-corrected chi connectivity index (χ1v) is 7.69. The van der Waals surface area contributed by atoms with Gasteiger partial charge in [-0.2, -0.15) is 0 Å². The van der Waals surface area contributed by atoms with E-state index in [9.17, 15) is 13.0 Å². The van der Waals surface area contributed by atoms with Crippen molar-refractivity contribution in [1.82, 2.24) is 0 Å². The van der Waals surface area contributed by atoms with Gasteiger partial charge in [-0.15, -0.1) is 0 Å². The zero-order chi connectivity index (χ0) is 15.6. The maximum absolute atomic E-state index is 11.2. The highest BCUT2D eigenvalue weighted by atomic mass is 32.2. The van der Waals surface area contributed by atoms with E-state index in [1.807, 2.05) is 12.1 Å².